The van der Waals surface area contributed by atoms with E-state index in [4.69, 9.17) is 21.1 Å². The number of hydrogen-bond donors (Lipinski definition) is 2. The Balaban J connectivity index is 2.42. The molecule has 0 atom stereocenters. The average molecular weight is 301 g/mol. The monoisotopic (exact) mass is 300 g/mol. The molecule has 5 nitrogen and oxygen atoms in total. The zero-order valence-corrected chi connectivity index (χ0v) is 12.6. The van der Waals surface area contributed by atoms with Gasteiger partial charge in [0, 0.05) is 37.4 Å². The maximum absolute atomic E-state index is 11.6. The first kappa shape index (κ1) is 16.8. The zero-order chi connectivity index (χ0) is 14.8. The number of benzene rings is 1. The van der Waals surface area contributed by atoms with Gasteiger partial charge < -0.3 is 20.1 Å². The summed E-state index contributed by atoms with van der Waals surface area (Å²) in [6.07, 6.45) is 0.786. The van der Waals surface area contributed by atoms with Crippen molar-refractivity contribution in [2.45, 2.75) is 13.0 Å². The van der Waals surface area contributed by atoms with E-state index >= 15 is 0 Å². The van der Waals surface area contributed by atoms with E-state index in [2.05, 4.69) is 10.6 Å². The smallest absolute Gasteiger partial charge is 0.257 e. The number of carbonyl (C=O) groups is 1. The lowest BCUT2D eigenvalue weighted by Gasteiger charge is -2.12. The number of carbonyl (C=O) groups excluding carboxylic acids is 1. The molecule has 1 aromatic carbocycles. The SMILES string of the molecule is CNCc1cc(Cl)ccc1OCC(=O)NCCCOC. The number of methoxy groups -OCH3 is 1. The fourth-order valence-corrected chi connectivity index (χ4v) is 1.85. The number of nitrogens with one attached hydrogen (secondary N) is 2. The van der Waals surface area contributed by atoms with Crippen LogP contribution in [0.2, 0.25) is 5.02 Å². The van der Waals surface area contributed by atoms with Crippen molar-refractivity contribution in [2.75, 3.05) is 33.9 Å². The van der Waals surface area contributed by atoms with E-state index in [1.54, 1.807) is 19.2 Å². The van der Waals surface area contributed by atoms with Crippen molar-refractivity contribution in [1.82, 2.24) is 10.6 Å². The molecule has 0 saturated heterocycles. The number of amides is 1. The van der Waals surface area contributed by atoms with E-state index in [1.165, 1.54) is 0 Å². The van der Waals surface area contributed by atoms with Crippen LogP contribution in [0.15, 0.2) is 18.2 Å². The van der Waals surface area contributed by atoms with Gasteiger partial charge in [0.05, 0.1) is 0 Å². The van der Waals surface area contributed by atoms with E-state index < -0.39 is 0 Å². The Hall–Kier alpha value is -1.30. The molecule has 6 heteroatoms. The predicted octanol–water partition coefficient (Wildman–Crippen LogP) is 1.59. The van der Waals surface area contributed by atoms with Gasteiger partial charge in [-0.2, -0.15) is 0 Å². The second kappa shape index (κ2) is 9.58. The lowest BCUT2D eigenvalue weighted by Crippen LogP contribution is -2.30. The molecule has 0 unspecified atom stereocenters. The number of hydrogen-bond acceptors (Lipinski definition) is 4. The molecule has 0 bridgehead atoms. The topological polar surface area (TPSA) is 59.6 Å². The highest BCUT2D eigenvalue weighted by Crippen LogP contribution is 2.22. The summed E-state index contributed by atoms with van der Waals surface area (Å²) in [5.74, 6) is 0.516. The Morgan fingerprint density at radius 2 is 2.20 bits per heavy atom. The van der Waals surface area contributed by atoms with Crippen LogP contribution in [0.25, 0.3) is 0 Å². The lowest BCUT2D eigenvalue weighted by molar-refractivity contribution is -0.123. The van der Waals surface area contributed by atoms with Gasteiger partial charge in [0.1, 0.15) is 5.75 Å². The summed E-state index contributed by atoms with van der Waals surface area (Å²) in [6, 6.07) is 5.34. The Bertz CT molecular complexity index is 427. The third-order valence-corrected chi connectivity index (χ3v) is 2.83. The van der Waals surface area contributed by atoms with Crippen LogP contribution < -0.4 is 15.4 Å². The Morgan fingerprint density at radius 3 is 2.90 bits per heavy atom. The summed E-state index contributed by atoms with van der Waals surface area (Å²) in [7, 11) is 3.47. The first-order valence-electron chi connectivity index (χ1n) is 6.49. The molecule has 1 amide bonds. The summed E-state index contributed by atoms with van der Waals surface area (Å²) in [6.45, 7) is 1.83. The standard InChI is InChI=1S/C14H21ClN2O3/c1-16-9-11-8-12(15)4-5-13(11)20-10-14(18)17-6-3-7-19-2/h4-5,8,16H,3,6-7,9-10H2,1-2H3,(H,17,18). The highest BCUT2D eigenvalue weighted by atomic mass is 35.5. The van der Waals surface area contributed by atoms with Crippen molar-refractivity contribution >= 4 is 17.5 Å². The van der Waals surface area contributed by atoms with Crippen LogP contribution in [0.5, 0.6) is 5.75 Å². The first-order valence-corrected chi connectivity index (χ1v) is 6.86. The minimum atomic E-state index is -0.147. The molecule has 0 heterocycles. The van der Waals surface area contributed by atoms with Crippen molar-refractivity contribution in [2.24, 2.45) is 0 Å². The Kier molecular flexibility index (Phi) is 8.02. The van der Waals surface area contributed by atoms with Gasteiger partial charge in [-0.05, 0) is 31.7 Å². The summed E-state index contributed by atoms with van der Waals surface area (Å²) < 4.78 is 10.4. The van der Waals surface area contributed by atoms with Crippen LogP contribution in [-0.2, 0) is 16.1 Å². The molecule has 20 heavy (non-hydrogen) atoms. The third kappa shape index (κ3) is 6.23. The molecule has 1 rings (SSSR count). The van der Waals surface area contributed by atoms with E-state index in [1.807, 2.05) is 13.1 Å². The minimum Gasteiger partial charge on any atom is -0.483 e. The van der Waals surface area contributed by atoms with E-state index in [0.717, 1.165) is 12.0 Å². The van der Waals surface area contributed by atoms with E-state index in [0.29, 0.717) is 30.5 Å². The van der Waals surface area contributed by atoms with Crippen LogP contribution in [-0.4, -0.2) is 39.8 Å². The number of halogens is 1. The summed E-state index contributed by atoms with van der Waals surface area (Å²) in [5, 5.41) is 6.44. The van der Waals surface area contributed by atoms with Crippen LogP contribution in [0.1, 0.15) is 12.0 Å². The molecule has 0 fully saturated rings. The van der Waals surface area contributed by atoms with Gasteiger partial charge >= 0.3 is 0 Å². The maximum atomic E-state index is 11.6. The molecular formula is C14H21ClN2O3. The summed E-state index contributed by atoms with van der Waals surface area (Å²) in [5.41, 5.74) is 0.923. The maximum Gasteiger partial charge on any atom is 0.257 e. The second-order valence-corrected chi connectivity index (χ2v) is 4.70. The highest BCUT2D eigenvalue weighted by molar-refractivity contribution is 6.30. The van der Waals surface area contributed by atoms with Gasteiger partial charge in [-0.3, -0.25) is 4.79 Å². The largest absolute Gasteiger partial charge is 0.483 e. The molecule has 0 aromatic heterocycles. The third-order valence-electron chi connectivity index (χ3n) is 2.60. The molecule has 0 aliphatic heterocycles. The van der Waals surface area contributed by atoms with E-state index in [9.17, 15) is 4.79 Å². The van der Waals surface area contributed by atoms with Gasteiger partial charge in [0.15, 0.2) is 6.61 Å². The number of rotatable bonds is 9. The quantitative estimate of drug-likeness (QED) is 0.680. The van der Waals surface area contributed by atoms with Crippen molar-refractivity contribution in [3.63, 3.8) is 0 Å². The van der Waals surface area contributed by atoms with Crippen LogP contribution in [0.4, 0.5) is 0 Å². The van der Waals surface area contributed by atoms with Gasteiger partial charge in [-0.1, -0.05) is 11.6 Å². The number of ether oxygens (including phenoxy) is 2. The molecule has 0 aliphatic rings. The van der Waals surface area contributed by atoms with Crippen molar-refractivity contribution in [1.29, 1.82) is 0 Å². The van der Waals surface area contributed by atoms with Gasteiger partial charge in [-0.25, -0.2) is 0 Å². The molecule has 112 valence electrons. The van der Waals surface area contributed by atoms with Crippen molar-refractivity contribution in [3.05, 3.63) is 28.8 Å². The molecule has 0 aliphatic carbocycles. The van der Waals surface area contributed by atoms with Crippen LogP contribution in [0.3, 0.4) is 0 Å². The second-order valence-electron chi connectivity index (χ2n) is 4.27. The molecule has 2 N–H and O–H groups in total. The normalized spacial score (nSPS) is 10.3. The zero-order valence-electron chi connectivity index (χ0n) is 11.9. The van der Waals surface area contributed by atoms with Crippen LogP contribution in [0, 0.1) is 0 Å². The fourth-order valence-electron chi connectivity index (χ4n) is 1.66. The van der Waals surface area contributed by atoms with Gasteiger partial charge in [-0.15, -0.1) is 0 Å². The van der Waals surface area contributed by atoms with Crippen LogP contribution >= 0.6 is 11.6 Å². The lowest BCUT2D eigenvalue weighted by atomic mass is 10.2. The summed E-state index contributed by atoms with van der Waals surface area (Å²) in [4.78, 5) is 11.6. The minimum absolute atomic E-state index is 0.00860. The molecule has 0 saturated carbocycles. The molecule has 0 radical (unpaired) electrons. The Morgan fingerprint density at radius 1 is 1.40 bits per heavy atom. The molecular weight excluding hydrogens is 280 g/mol. The van der Waals surface area contributed by atoms with E-state index in [-0.39, 0.29) is 12.5 Å². The van der Waals surface area contributed by atoms with Gasteiger partial charge in [0.25, 0.3) is 5.91 Å². The molecule has 0 spiro atoms. The predicted molar refractivity (Wildman–Crippen MR) is 79.2 cm³/mol. The fraction of sp³-hybridized carbons (Fsp3) is 0.500. The van der Waals surface area contributed by atoms with Crippen molar-refractivity contribution in [3.8, 4) is 5.75 Å². The summed E-state index contributed by atoms with van der Waals surface area (Å²) >= 11 is 5.94. The first-order chi connectivity index (χ1) is 9.67. The molecule has 1 aromatic rings. The highest BCUT2D eigenvalue weighted by Gasteiger charge is 2.07. The average Bonchev–Trinajstić information content (AvgIpc) is 2.43. The van der Waals surface area contributed by atoms with Crippen molar-refractivity contribution < 1.29 is 14.3 Å². The van der Waals surface area contributed by atoms with Gasteiger partial charge in [0.2, 0.25) is 0 Å². The Labute approximate surface area is 124 Å².